The number of hydrogen-bond donors (Lipinski definition) is 0. The van der Waals surface area contributed by atoms with Crippen LogP contribution in [0.2, 0.25) is 0 Å². The first-order valence-corrected chi connectivity index (χ1v) is 6.70. The molecule has 0 aliphatic rings. The van der Waals surface area contributed by atoms with Crippen LogP contribution in [0.25, 0.3) is 11.1 Å². The van der Waals surface area contributed by atoms with Crippen molar-refractivity contribution in [2.45, 2.75) is 0 Å². The molecule has 2 aromatic carbocycles. The van der Waals surface area contributed by atoms with Crippen LogP contribution in [0.3, 0.4) is 0 Å². The molecule has 0 saturated carbocycles. The van der Waals surface area contributed by atoms with Crippen molar-refractivity contribution in [2.24, 2.45) is 0 Å². The topological polar surface area (TPSA) is 43.4 Å². The summed E-state index contributed by atoms with van der Waals surface area (Å²) in [6.07, 6.45) is 0. The molecule has 0 saturated heterocycles. The molecule has 0 spiro atoms. The highest BCUT2D eigenvalue weighted by atomic mass is 35.5. The lowest BCUT2D eigenvalue weighted by Crippen LogP contribution is -2.19. The molecule has 126 valence electrons. The van der Waals surface area contributed by atoms with Gasteiger partial charge in [0, 0.05) is 0 Å². The van der Waals surface area contributed by atoms with Crippen LogP contribution in [0, 0.1) is 0 Å². The van der Waals surface area contributed by atoms with Gasteiger partial charge >= 0.3 is 0 Å². The molecule has 7 heteroatoms. The third-order valence-electron chi connectivity index (χ3n) is 3.15. The fourth-order valence-corrected chi connectivity index (χ4v) is 2.12. The minimum atomic E-state index is 0. The Morgan fingerprint density at radius 1 is 0.522 bits per heavy atom. The molecule has 0 N–H and O–H groups in total. The Kier molecular flexibility index (Phi) is 7.80. The number of nitrogens with zero attached hydrogens (tertiary/aromatic N) is 2. The summed E-state index contributed by atoms with van der Waals surface area (Å²) < 4.78 is 0. The van der Waals surface area contributed by atoms with Gasteiger partial charge in [-0.2, -0.15) is 0 Å². The Morgan fingerprint density at radius 3 is 1.00 bits per heavy atom. The summed E-state index contributed by atoms with van der Waals surface area (Å²) in [5.41, 5.74) is 3.80. The van der Waals surface area contributed by atoms with E-state index in [-0.39, 0.29) is 12.4 Å². The molecule has 0 fully saturated rings. The Bertz CT molecular complexity index is 516. The van der Waals surface area contributed by atoms with Crippen LogP contribution in [0.1, 0.15) is 0 Å². The Balaban J connectivity index is 0.00000264. The van der Waals surface area contributed by atoms with Gasteiger partial charge in [-0.15, -0.1) is 22.9 Å². The zero-order chi connectivity index (χ0) is 15.9. The fourth-order valence-electron chi connectivity index (χ4n) is 2.12. The average molecular weight is 341 g/mol. The van der Waals surface area contributed by atoms with Gasteiger partial charge in [-0.3, -0.25) is 19.4 Å². The summed E-state index contributed by atoms with van der Waals surface area (Å²) in [5.74, 6) is 0. The second-order valence-corrected chi connectivity index (χ2v) is 4.34. The largest absolute Gasteiger partial charge is 0.252 e. The lowest BCUT2D eigenvalue weighted by molar-refractivity contribution is -0.0434. The molecule has 0 aliphatic carbocycles. The maximum absolute atomic E-state index is 5.08. The normalized spacial score (nSPS) is 10.1. The second-order valence-electron chi connectivity index (χ2n) is 4.34. The minimum Gasteiger partial charge on any atom is -0.252 e. The highest BCUT2D eigenvalue weighted by Gasteiger charge is 2.07. The lowest BCUT2D eigenvalue weighted by Gasteiger charge is -2.19. The Hall–Kier alpha value is -1.83. The van der Waals surface area contributed by atoms with Gasteiger partial charge in [0.1, 0.15) is 0 Å². The fraction of sp³-hybridized carbons (Fsp3) is 0.250. The van der Waals surface area contributed by atoms with Crippen LogP contribution >= 0.6 is 12.4 Å². The molecule has 0 aromatic heterocycles. The van der Waals surface area contributed by atoms with Crippen molar-refractivity contribution in [1.82, 2.24) is 0 Å². The Labute approximate surface area is 142 Å². The molecule has 2 rings (SSSR count). The van der Waals surface area contributed by atoms with Gasteiger partial charge in [-0.1, -0.05) is 24.3 Å². The summed E-state index contributed by atoms with van der Waals surface area (Å²) in [6, 6.07) is 15.7. The maximum Gasteiger partial charge on any atom is 0.0947 e. The van der Waals surface area contributed by atoms with E-state index in [2.05, 4.69) is 0 Å². The van der Waals surface area contributed by atoms with E-state index in [1.807, 2.05) is 48.5 Å². The minimum absolute atomic E-state index is 0. The van der Waals surface area contributed by atoms with Gasteiger partial charge in [-0.05, 0) is 35.4 Å². The quantitative estimate of drug-likeness (QED) is 0.717. The van der Waals surface area contributed by atoms with E-state index < -0.39 is 0 Å². The monoisotopic (exact) mass is 340 g/mol. The van der Waals surface area contributed by atoms with E-state index in [9.17, 15) is 0 Å². The van der Waals surface area contributed by atoms with E-state index in [4.69, 9.17) is 19.4 Å². The number of rotatable bonds is 7. The van der Waals surface area contributed by atoms with Crippen LogP contribution in [0.15, 0.2) is 48.5 Å². The van der Waals surface area contributed by atoms with Gasteiger partial charge in [-0.25, -0.2) is 0 Å². The standard InChI is InChI=1S/C16H20N2O4.ClH/c1-19-17(20-2)15-9-5-13(6-10-15)14-7-11-16(12-8-14)18(21-3)22-4;/h5-12H,1-4H3;1H. The molecule has 0 bridgehead atoms. The molecule has 0 atom stereocenters. The summed E-state index contributed by atoms with van der Waals surface area (Å²) in [7, 11) is 6.20. The summed E-state index contributed by atoms with van der Waals surface area (Å²) in [4.78, 5) is 20.3. The maximum atomic E-state index is 5.08. The van der Waals surface area contributed by atoms with Gasteiger partial charge < -0.3 is 0 Å². The zero-order valence-electron chi connectivity index (χ0n) is 13.6. The van der Waals surface area contributed by atoms with Crippen molar-refractivity contribution in [3.63, 3.8) is 0 Å². The van der Waals surface area contributed by atoms with E-state index in [1.165, 1.54) is 10.5 Å². The van der Waals surface area contributed by atoms with Crippen molar-refractivity contribution >= 4 is 23.8 Å². The van der Waals surface area contributed by atoms with Crippen molar-refractivity contribution in [2.75, 3.05) is 38.9 Å². The van der Waals surface area contributed by atoms with E-state index >= 15 is 0 Å². The van der Waals surface area contributed by atoms with Crippen LogP contribution in [-0.4, -0.2) is 28.4 Å². The van der Waals surface area contributed by atoms with E-state index in [1.54, 1.807) is 28.4 Å². The second kappa shape index (κ2) is 9.34. The van der Waals surface area contributed by atoms with Crippen molar-refractivity contribution in [1.29, 1.82) is 0 Å². The number of anilines is 2. The van der Waals surface area contributed by atoms with E-state index in [0.717, 1.165) is 22.5 Å². The number of hydrogen-bond acceptors (Lipinski definition) is 6. The molecule has 0 amide bonds. The molecule has 2 aromatic rings. The van der Waals surface area contributed by atoms with Crippen LogP contribution in [0.4, 0.5) is 11.4 Å². The van der Waals surface area contributed by atoms with Crippen LogP contribution in [0.5, 0.6) is 0 Å². The molecule has 6 nitrogen and oxygen atoms in total. The molecule has 23 heavy (non-hydrogen) atoms. The SMILES string of the molecule is CON(OC)c1ccc(-c2ccc(N(OC)OC)cc2)cc1.Cl. The van der Waals surface area contributed by atoms with Crippen molar-refractivity contribution in [3.05, 3.63) is 48.5 Å². The van der Waals surface area contributed by atoms with Crippen molar-refractivity contribution in [3.8, 4) is 11.1 Å². The van der Waals surface area contributed by atoms with Crippen LogP contribution in [-0.2, 0) is 19.4 Å². The number of benzene rings is 2. The molecule has 0 heterocycles. The van der Waals surface area contributed by atoms with Gasteiger partial charge in [0.15, 0.2) is 0 Å². The summed E-state index contributed by atoms with van der Waals surface area (Å²) >= 11 is 0. The van der Waals surface area contributed by atoms with E-state index in [0.29, 0.717) is 0 Å². The molecule has 0 radical (unpaired) electrons. The third kappa shape index (κ3) is 4.57. The first-order chi connectivity index (χ1) is 10.7. The lowest BCUT2D eigenvalue weighted by atomic mass is 10.1. The first-order valence-electron chi connectivity index (χ1n) is 6.70. The van der Waals surface area contributed by atoms with Gasteiger partial charge in [0.05, 0.1) is 39.8 Å². The molecular weight excluding hydrogens is 320 g/mol. The van der Waals surface area contributed by atoms with Gasteiger partial charge in [0.2, 0.25) is 0 Å². The predicted octanol–water partition coefficient (Wildman–Crippen LogP) is 3.63. The van der Waals surface area contributed by atoms with Gasteiger partial charge in [0.25, 0.3) is 0 Å². The van der Waals surface area contributed by atoms with Crippen molar-refractivity contribution < 1.29 is 19.4 Å². The van der Waals surface area contributed by atoms with Crippen LogP contribution < -0.4 is 10.5 Å². The first kappa shape index (κ1) is 19.2. The average Bonchev–Trinajstić information content (AvgIpc) is 2.58. The smallest absolute Gasteiger partial charge is 0.0947 e. The summed E-state index contributed by atoms with van der Waals surface area (Å²) in [6.45, 7) is 0. The zero-order valence-corrected chi connectivity index (χ0v) is 14.4. The highest BCUT2D eigenvalue weighted by molar-refractivity contribution is 5.85. The third-order valence-corrected chi connectivity index (χ3v) is 3.15. The Morgan fingerprint density at radius 2 is 0.783 bits per heavy atom. The predicted molar refractivity (Wildman–Crippen MR) is 92.1 cm³/mol. The number of halogens is 1. The molecule has 0 unspecified atom stereocenters. The summed E-state index contributed by atoms with van der Waals surface area (Å²) in [5, 5.41) is 2.67. The molecule has 0 aliphatic heterocycles. The molecular formula is C16H21ClN2O4. The highest BCUT2D eigenvalue weighted by Crippen LogP contribution is 2.25.